The van der Waals surface area contributed by atoms with Crippen molar-refractivity contribution >= 4 is 15.7 Å². The fourth-order valence-corrected chi connectivity index (χ4v) is 5.00. The first kappa shape index (κ1) is 14.9. The van der Waals surface area contributed by atoms with Crippen LogP contribution in [0.3, 0.4) is 0 Å². The molecule has 3 rings (SSSR count). The highest BCUT2D eigenvalue weighted by molar-refractivity contribution is 7.89. The minimum Gasteiger partial charge on any atom is -0.388 e. The number of hydrogen-bond donors (Lipinski definition) is 2. The molecular formula is C16H24N2O2S. The van der Waals surface area contributed by atoms with Gasteiger partial charge >= 0.3 is 0 Å². The van der Waals surface area contributed by atoms with E-state index in [4.69, 9.17) is 0 Å². The third-order valence-corrected chi connectivity index (χ3v) is 6.67. The molecule has 0 radical (unpaired) electrons. The number of sulfonamides is 1. The zero-order valence-corrected chi connectivity index (χ0v) is 13.8. The topological polar surface area (TPSA) is 58.2 Å². The molecule has 0 spiro atoms. The Morgan fingerprint density at radius 1 is 1.19 bits per heavy atom. The van der Waals surface area contributed by atoms with Crippen LogP contribution in [0, 0.1) is 25.2 Å². The molecule has 2 fully saturated rings. The molecule has 2 aliphatic rings. The van der Waals surface area contributed by atoms with Gasteiger partial charge in [0.1, 0.15) is 0 Å². The molecule has 0 heterocycles. The second kappa shape index (κ2) is 4.99. The summed E-state index contributed by atoms with van der Waals surface area (Å²) in [5, 5.41) is 3.06. The van der Waals surface area contributed by atoms with E-state index in [1.807, 2.05) is 33.0 Å². The van der Waals surface area contributed by atoms with Gasteiger partial charge in [-0.15, -0.1) is 0 Å². The summed E-state index contributed by atoms with van der Waals surface area (Å²) in [7, 11) is -1.58. The Morgan fingerprint density at radius 2 is 1.76 bits per heavy atom. The molecule has 1 aromatic carbocycles. The van der Waals surface area contributed by atoms with Crippen molar-refractivity contribution in [3.63, 3.8) is 0 Å². The molecule has 0 atom stereocenters. The first-order valence-electron chi connectivity index (χ1n) is 7.67. The zero-order chi connectivity index (χ0) is 15.3. The van der Waals surface area contributed by atoms with Gasteiger partial charge in [-0.1, -0.05) is 0 Å². The minimum atomic E-state index is -3.42. The van der Waals surface area contributed by atoms with E-state index in [0.717, 1.165) is 22.7 Å². The third-order valence-electron chi connectivity index (χ3n) is 4.97. The average molecular weight is 308 g/mol. The molecule has 0 aliphatic heterocycles. The second-order valence-electron chi connectivity index (χ2n) is 6.65. The van der Waals surface area contributed by atoms with Gasteiger partial charge in [0.25, 0.3) is 0 Å². The van der Waals surface area contributed by atoms with Crippen LogP contribution in [0.5, 0.6) is 0 Å². The van der Waals surface area contributed by atoms with Gasteiger partial charge in [-0.2, -0.15) is 0 Å². The molecule has 0 aromatic heterocycles. The molecule has 2 saturated carbocycles. The monoisotopic (exact) mass is 308 g/mol. The van der Waals surface area contributed by atoms with Crippen molar-refractivity contribution in [3.05, 3.63) is 23.3 Å². The number of aryl methyl sites for hydroxylation is 2. The van der Waals surface area contributed by atoms with Gasteiger partial charge in [0.2, 0.25) is 10.0 Å². The largest absolute Gasteiger partial charge is 0.388 e. The fraction of sp³-hybridized carbons (Fsp3) is 0.625. The fourth-order valence-electron chi connectivity index (χ4n) is 3.42. The highest BCUT2D eigenvalue weighted by Crippen LogP contribution is 2.60. The Kier molecular flexibility index (Phi) is 3.53. The summed E-state index contributed by atoms with van der Waals surface area (Å²) < 4.78 is 28.2. The Balaban J connectivity index is 1.81. The van der Waals surface area contributed by atoms with Gasteiger partial charge in [0, 0.05) is 19.3 Å². The first-order valence-corrected chi connectivity index (χ1v) is 9.15. The Hall–Kier alpha value is -1.07. The summed E-state index contributed by atoms with van der Waals surface area (Å²) in [6, 6.07) is 3.77. The lowest BCUT2D eigenvalue weighted by molar-refractivity contribution is 0.431. The summed E-state index contributed by atoms with van der Waals surface area (Å²) in [5.74, 6) is 0.758. The van der Waals surface area contributed by atoms with E-state index in [1.54, 1.807) is 0 Å². The van der Waals surface area contributed by atoms with Crippen molar-refractivity contribution in [2.45, 2.75) is 44.4 Å². The van der Waals surface area contributed by atoms with E-state index in [0.29, 0.717) is 11.4 Å². The van der Waals surface area contributed by atoms with Gasteiger partial charge in [-0.05, 0) is 74.1 Å². The maximum absolute atomic E-state index is 12.7. The van der Waals surface area contributed by atoms with Crippen molar-refractivity contribution in [2.24, 2.45) is 11.3 Å². The normalized spacial score (nSPS) is 20.3. The van der Waals surface area contributed by atoms with Crippen molar-refractivity contribution in [1.82, 2.24) is 4.72 Å². The van der Waals surface area contributed by atoms with Crippen molar-refractivity contribution in [1.29, 1.82) is 0 Å². The number of rotatable bonds is 6. The Labute approximate surface area is 127 Å². The molecule has 0 bridgehead atoms. The predicted molar refractivity (Wildman–Crippen MR) is 85.0 cm³/mol. The standard InChI is InChI=1S/C16H24N2O2S/c1-11-8-14(17-3)9-12(2)15(11)21(19,20)18-10-16(6-7-16)13-4-5-13/h8-9,13,17-18H,4-7,10H2,1-3H3. The van der Waals surface area contributed by atoms with Crippen molar-refractivity contribution < 1.29 is 8.42 Å². The van der Waals surface area contributed by atoms with Crippen LogP contribution in [0.2, 0.25) is 0 Å². The van der Waals surface area contributed by atoms with Gasteiger partial charge in [-0.3, -0.25) is 0 Å². The van der Waals surface area contributed by atoms with Gasteiger partial charge in [0.15, 0.2) is 0 Å². The number of benzene rings is 1. The van der Waals surface area contributed by atoms with Crippen LogP contribution in [0.25, 0.3) is 0 Å². The lowest BCUT2D eigenvalue weighted by Crippen LogP contribution is -2.32. The van der Waals surface area contributed by atoms with Crippen LogP contribution in [0.4, 0.5) is 5.69 Å². The average Bonchev–Trinajstić information content (AvgIpc) is 3.26. The Morgan fingerprint density at radius 3 is 2.19 bits per heavy atom. The highest BCUT2D eigenvalue weighted by atomic mass is 32.2. The third kappa shape index (κ3) is 2.81. The summed E-state index contributed by atoms with van der Waals surface area (Å²) >= 11 is 0. The first-order chi connectivity index (χ1) is 9.88. The van der Waals surface area contributed by atoms with Crippen LogP contribution in [0.15, 0.2) is 17.0 Å². The maximum Gasteiger partial charge on any atom is 0.241 e. The Bertz CT molecular complexity index is 636. The molecule has 2 N–H and O–H groups in total. The highest BCUT2D eigenvalue weighted by Gasteiger charge is 2.53. The van der Waals surface area contributed by atoms with Crippen LogP contribution in [-0.4, -0.2) is 22.0 Å². The molecule has 0 amide bonds. The second-order valence-corrected chi connectivity index (χ2v) is 8.35. The van der Waals surface area contributed by atoms with Crippen molar-refractivity contribution in [2.75, 3.05) is 18.9 Å². The van der Waals surface area contributed by atoms with Crippen molar-refractivity contribution in [3.8, 4) is 0 Å². The zero-order valence-electron chi connectivity index (χ0n) is 13.0. The summed E-state index contributed by atoms with van der Waals surface area (Å²) in [5.41, 5.74) is 2.81. The summed E-state index contributed by atoms with van der Waals surface area (Å²) in [6.45, 7) is 4.32. The minimum absolute atomic E-state index is 0.278. The quantitative estimate of drug-likeness (QED) is 0.849. The molecule has 2 aliphatic carbocycles. The van der Waals surface area contributed by atoms with E-state index < -0.39 is 10.0 Å². The smallest absolute Gasteiger partial charge is 0.241 e. The molecule has 0 unspecified atom stereocenters. The number of anilines is 1. The van der Waals surface area contributed by atoms with Gasteiger partial charge in [-0.25, -0.2) is 13.1 Å². The van der Waals surface area contributed by atoms with E-state index in [1.165, 1.54) is 25.7 Å². The van der Waals surface area contributed by atoms with Crippen LogP contribution in [-0.2, 0) is 10.0 Å². The number of nitrogens with one attached hydrogen (secondary N) is 2. The predicted octanol–water partition coefficient (Wildman–Crippen LogP) is 2.81. The SMILES string of the molecule is CNc1cc(C)c(S(=O)(=O)NCC2(C3CC3)CC2)c(C)c1. The number of hydrogen-bond acceptors (Lipinski definition) is 3. The van der Waals surface area contributed by atoms with Crippen LogP contribution >= 0.6 is 0 Å². The lowest BCUT2D eigenvalue weighted by Gasteiger charge is -2.18. The van der Waals surface area contributed by atoms with Gasteiger partial charge < -0.3 is 5.32 Å². The van der Waals surface area contributed by atoms with Gasteiger partial charge in [0.05, 0.1) is 4.90 Å². The molecule has 1 aromatic rings. The molecule has 5 heteroatoms. The van der Waals surface area contributed by atoms with E-state index in [2.05, 4.69) is 10.0 Å². The lowest BCUT2D eigenvalue weighted by atomic mass is 10.0. The van der Waals surface area contributed by atoms with E-state index in [9.17, 15) is 8.42 Å². The van der Waals surface area contributed by atoms with E-state index in [-0.39, 0.29) is 5.41 Å². The van der Waals surface area contributed by atoms with Crippen LogP contribution < -0.4 is 10.0 Å². The molecule has 116 valence electrons. The molecule has 21 heavy (non-hydrogen) atoms. The molecule has 4 nitrogen and oxygen atoms in total. The molecular weight excluding hydrogens is 284 g/mol. The maximum atomic E-state index is 12.7. The van der Waals surface area contributed by atoms with E-state index >= 15 is 0 Å². The molecule has 0 saturated heterocycles. The van der Waals surface area contributed by atoms with Crippen LogP contribution in [0.1, 0.15) is 36.8 Å². The summed E-state index contributed by atoms with van der Waals surface area (Å²) in [4.78, 5) is 0.438. The summed E-state index contributed by atoms with van der Waals surface area (Å²) in [6.07, 6.45) is 4.90.